The van der Waals surface area contributed by atoms with Gasteiger partial charge in [0.15, 0.2) is 0 Å². The first kappa shape index (κ1) is 11.2. The van der Waals surface area contributed by atoms with Crippen LogP contribution in [0.3, 0.4) is 0 Å². The summed E-state index contributed by atoms with van der Waals surface area (Å²) >= 11 is 0. The molecule has 0 aromatic carbocycles. The number of hydrogen-bond donors (Lipinski definition) is 1. The standard InChI is InChI=1S/C10H20N4/c1-5-9(11-6-2)10-7-14(8(3)4)13-12-10/h7-9,11H,5-6H2,1-4H3. The fourth-order valence-corrected chi connectivity index (χ4v) is 1.41. The number of hydrogen-bond acceptors (Lipinski definition) is 3. The molecule has 1 unspecified atom stereocenters. The molecule has 4 heteroatoms. The van der Waals surface area contributed by atoms with Gasteiger partial charge in [-0.05, 0) is 26.8 Å². The SMILES string of the molecule is CCNC(CC)c1cn(C(C)C)nn1. The second-order valence-corrected chi connectivity index (χ2v) is 3.74. The van der Waals surface area contributed by atoms with Crippen molar-refractivity contribution in [3.63, 3.8) is 0 Å². The van der Waals surface area contributed by atoms with Crippen molar-refractivity contribution in [1.29, 1.82) is 0 Å². The molecule has 1 N–H and O–H groups in total. The van der Waals surface area contributed by atoms with Crippen LogP contribution in [0.2, 0.25) is 0 Å². The summed E-state index contributed by atoms with van der Waals surface area (Å²) in [6.45, 7) is 9.43. The van der Waals surface area contributed by atoms with Crippen LogP contribution in [0.15, 0.2) is 6.20 Å². The molecule has 1 heterocycles. The lowest BCUT2D eigenvalue weighted by Gasteiger charge is -2.11. The highest BCUT2D eigenvalue weighted by Crippen LogP contribution is 2.14. The minimum Gasteiger partial charge on any atom is -0.309 e. The first-order chi connectivity index (χ1) is 6.69. The maximum absolute atomic E-state index is 4.18. The highest BCUT2D eigenvalue weighted by atomic mass is 15.4. The van der Waals surface area contributed by atoms with Gasteiger partial charge in [-0.1, -0.05) is 19.1 Å². The van der Waals surface area contributed by atoms with E-state index in [-0.39, 0.29) is 0 Å². The lowest BCUT2D eigenvalue weighted by Crippen LogP contribution is -2.20. The van der Waals surface area contributed by atoms with Crippen LogP contribution < -0.4 is 5.32 Å². The molecule has 0 radical (unpaired) electrons. The summed E-state index contributed by atoms with van der Waals surface area (Å²) in [6, 6.07) is 0.725. The van der Waals surface area contributed by atoms with Gasteiger partial charge in [0.1, 0.15) is 0 Å². The molecule has 1 aromatic rings. The van der Waals surface area contributed by atoms with Crippen molar-refractivity contribution in [2.45, 2.75) is 46.2 Å². The van der Waals surface area contributed by atoms with Crippen LogP contribution in [0.1, 0.15) is 51.9 Å². The Balaban J connectivity index is 2.73. The second-order valence-electron chi connectivity index (χ2n) is 3.74. The summed E-state index contributed by atoms with van der Waals surface area (Å²) in [5.74, 6) is 0. The zero-order valence-corrected chi connectivity index (χ0v) is 9.49. The fraction of sp³-hybridized carbons (Fsp3) is 0.800. The fourth-order valence-electron chi connectivity index (χ4n) is 1.41. The molecule has 0 aliphatic rings. The van der Waals surface area contributed by atoms with E-state index in [2.05, 4.69) is 43.3 Å². The average Bonchev–Trinajstić information content (AvgIpc) is 2.63. The highest BCUT2D eigenvalue weighted by molar-refractivity contribution is 5.00. The van der Waals surface area contributed by atoms with Gasteiger partial charge in [-0.3, -0.25) is 0 Å². The Labute approximate surface area is 85.7 Å². The van der Waals surface area contributed by atoms with Crippen molar-refractivity contribution in [3.05, 3.63) is 11.9 Å². The summed E-state index contributed by atoms with van der Waals surface area (Å²) in [5, 5.41) is 11.7. The van der Waals surface area contributed by atoms with Gasteiger partial charge in [-0.25, -0.2) is 4.68 Å². The Bertz CT molecular complexity index is 267. The summed E-state index contributed by atoms with van der Waals surface area (Å²) in [4.78, 5) is 0. The monoisotopic (exact) mass is 196 g/mol. The molecule has 80 valence electrons. The quantitative estimate of drug-likeness (QED) is 0.782. The van der Waals surface area contributed by atoms with Gasteiger partial charge in [-0.15, -0.1) is 5.10 Å². The van der Waals surface area contributed by atoms with Crippen LogP contribution in [-0.2, 0) is 0 Å². The smallest absolute Gasteiger partial charge is 0.0996 e. The molecule has 0 fully saturated rings. The van der Waals surface area contributed by atoms with Gasteiger partial charge in [0.05, 0.1) is 17.9 Å². The highest BCUT2D eigenvalue weighted by Gasteiger charge is 2.12. The summed E-state index contributed by atoms with van der Waals surface area (Å²) in [6.07, 6.45) is 3.08. The third kappa shape index (κ3) is 2.54. The maximum Gasteiger partial charge on any atom is 0.0996 e. The summed E-state index contributed by atoms with van der Waals surface area (Å²) < 4.78 is 1.90. The zero-order chi connectivity index (χ0) is 10.6. The Kier molecular flexibility index (Phi) is 4.07. The molecular formula is C10H20N4. The van der Waals surface area contributed by atoms with E-state index in [4.69, 9.17) is 0 Å². The minimum atomic E-state index is 0.340. The maximum atomic E-state index is 4.18. The van der Waals surface area contributed by atoms with E-state index in [1.54, 1.807) is 0 Å². The third-order valence-electron chi connectivity index (χ3n) is 2.27. The topological polar surface area (TPSA) is 42.7 Å². The number of nitrogens with zero attached hydrogens (tertiary/aromatic N) is 3. The van der Waals surface area contributed by atoms with E-state index in [1.165, 1.54) is 0 Å². The molecule has 4 nitrogen and oxygen atoms in total. The van der Waals surface area contributed by atoms with Gasteiger partial charge in [0.25, 0.3) is 0 Å². The number of rotatable bonds is 5. The Hall–Kier alpha value is -0.900. The molecule has 14 heavy (non-hydrogen) atoms. The van der Waals surface area contributed by atoms with Crippen molar-refractivity contribution in [2.24, 2.45) is 0 Å². The van der Waals surface area contributed by atoms with Crippen molar-refractivity contribution in [2.75, 3.05) is 6.54 Å². The van der Waals surface area contributed by atoms with Gasteiger partial charge in [-0.2, -0.15) is 0 Å². The zero-order valence-electron chi connectivity index (χ0n) is 9.49. The molecular weight excluding hydrogens is 176 g/mol. The Morgan fingerprint density at radius 1 is 1.43 bits per heavy atom. The van der Waals surface area contributed by atoms with Gasteiger partial charge in [0.2, 0.25) is 0 Å². The van der Waals surface area contributed by atoms with Crippen LogP contribution >= 0.6 is 0 Å². The second kappa shape index (κ2) is 5.10. The summed E-state index contributed by atoms with van der Waals surface area (Å²) in [7, 11) is 0. The first-order valence-corrected chi connectivity index (χ1v) is 5.34. The minimum absolute atomic E-state index is 0.340. The van der Waals surface area contributed by atoms with Crippen LogP contribution in [0.4, 0.5) is 0 Å². The molecule has 0 amide bonds. The third-order valence-corrected chi connectivity index (χ3v) is 2.27. The number of nitrogens with one attached hydrogen (secondary N) is 1. The van der Waals surface area contributed by atoms with Gasteiger partial charge >= 0.3 is 0 Å². The molecule has 0 spiro atoms. The van der Waals surface area contributed by atoms with Crippen LogP contribution in [-0.4, -0.2) is 21.5 Å². The average molecular weight is 196 g/mol. The lowest BCUT2D eigenvalue weighted by molar-refractivity contribution is 0.513. The predicted molar refractivity (Wildman–Crippen MR) is 57.1 cm³/mol. The van der Waals surface area contributed by atoms with E-state index < -0.39 is 0 Å². The lowest BCUT2D eigenvalue weighted by atomic mass is 10.1. The van der Waals surface area contributed by atoms with E-state index in [0.717, 1.165) is 18.7 Å². The number of aromatic nitrogens is 3. The summed E-state index contributed by atoms with van der Waals surface area (Å²) in [5.41, 5.74) is 1.04. The molecule has 0 aliphatic carbocycles. The van der Waals surface area contributed by atoms with Crippen molar-refractivity contribution in [1.82, 2.24) is 20.3 Å². The molecule has 0 saturated carbocycles. The Morgan fingerprint density at radius 3 is 2.57 bits per heavy atom. The van der Waals surface area contributed by atoms with Crippen molar-refractivity contribution in [3.8, 4) is 0 Å². The predicted octanol–water partition coefficient (Wildman–Crippen LogP) is 1.92. The van der Waals surface area contributed by atoms with Crippen LogP contribution in [0, 0.1) is 0 Å². The van der Waals surface area contributed by atoms with Gasteiger partial charge in [0, 0.05) is 6.04 Å². The molecule has 0 saturated heterocycles. The van der Waals surface area contributed by atoms with Gasteiger partial charge < -0.3 is 5.32 Å². The molecule has 0 aliphatic heterocycles. The van der Waals surface area contributed by atoms with E-state index >= 15 is 0 Å². The molecule has 1 aromatic heterocycles. The van der Waals surface area contributed by atoms with E-state index in [9.17, 15) is 0 Å². The first-order valence-electron chi connectivity index (χ1n) is 5.34. The Morgan fingerprint density at radius 2 is 2.14 bits per heavy atom. The largest absolute Gasteiger partial charge is 0.309 e. The van der Waals surface area contributed by atoms with Crippen LogP contribution in [0.25, 0.3) is 0 Å². The van der Waals surface area contributed by atoms with Crippen molar-refractivity contribution >= 4 is 0 Å². The van der Waals surface area contributed by atoms with E-state index in [0.29, 0.717) is 12.1 Å². The van der Waals surface area contributed by atoms with Crippen molar-refractivity contribution < 1.29 is 0 Å². The molecule has 0 bridgehead atoms. The van der Waals surface area contributed by atoms with E-state index in [1.807, 2.05) is 10.9 Å². The normalized spacial score (nSPS) is 13.5. The molecule has 1 atom stereocenters. The van der Waals surface area contributed by atoms with Crippen LogP contribution in [0.5, 0.6) is 0 Å². The molecule has 1 rings (SSSR count).